The average molecular weight is 277 g/mol. The first kappa shape index (κ1) is 16.4. The van der Waals surface area contributed by atoms with Crippen LogP contribution in [0.15, 0.2) is 17.5 Å². The Labute approximate surface area is 113 Å². The van der Waals surface area contributed by atoms with Crippen LogP contribution < -0.4 is 10.6 Å². The molecule has 0 aromatic carbocycles. The number of rotatable bonds is 5. The molecule has 0 spiro atoms. The molecular formula is C12H21ClN2OS. The van der Waals surface area contributed by atoms with E-state index in [1.165, 1.54) is 0 Å². The standard InChI is InChI=1S/C12H20N2OS.ClH/c1-9(13-4)8-14-11(15)12(2,3)10-6-5-7-16-10;/h5-7,9,13H,8H2,1-4H3,(H,14,15);1H. The predicted molar refractivity (Wildman–Crippen MR) is 76.1 cm³/mol. The molecule has 5 heteroatoms. The molecule has 1 atom stereocenters. The Bertz CT molecular complexity index is 338. The van der Waals surface area contributed by atoms with E-state index >= 15 is 0 Å². The fourth-order valence-electron chi connectivity index (χ4n) is 1.31. The highest BCUT2D eigenvalue weighted by atomic mass is 35.5. The number of halogens is 1. The highest BCUT2D eigenvalue weighted by Gasteiger charge is 2.30. The minimum absolute atomic E-state index is 0. The van der Waals surface area contributed by atoms with Gasteiger partial charge in [-0.15, -0.1) is 23.7 Å². The van der Waals surface area contributed by atoms with Crippen molar-refractivity contribution in [2.24, 2.45) is 0 Å². The molecule has 0 aliphatic carbocycles. The summed E-state index contributed by atoms with van der Waals surface area (Å²) in [5.74, 6) is 0.0806. The van der Waals surface area contributed by atoms with Crippen LogP contribution in [0.5, 0.6) is 0 Å². The molecule has 0 fully saturated rings. The molecule has 0 aliphatic heterocycles. The number of amides is 1. The van der Waals surface area contributed by atoms with Crippen molar-refractivity contribution in [2.75, 3.05) is 13.6 Å². The van der Waals surface area contributed by atoms with Crippen LogP contribution in [0.3, 0.4) is 0 Å². The molecule has 3 nitrogen and oxygen atoms in total. The molecule has 0 saturated heterocycles. The largest absolute Gasteiger partial charge is 0.354 e. The molecule has 0 saturated carbocycles. The number of hydrogen-bond donors (Lipinski definition) is 2. The van der Waals surface area contributed by atoms with Gasteiger partial charge in [0.05, 0.1) is 5.41 Å². The van der Waals surface area contributed by atoms with Crippen LogP contribution in [0, 0.1) is 0 Å². The maximum absolute atomic E-state index is 12.1. The molecule has 1 amide bonds. The van der Waals surface area contributed by atoms with Gasteiger partial charge in [0.2, 0.25) is 5.91 Å². The number of carbonyl (C=O) groups excluding carboxylic acids is 1. The second-order valence-corrected chi connectivity index (χ2v) is 5.45. The molecular weight excluding hydrogens is 256 g/mol. The maximum Gasteiger partial charge on any atom is 0.230 e. The van der Waals surface area contributed by atoms with Crippen LogP contribution >= 0.6 is 23.7 Å². The highest BCUT2D eigenvalue weighted by molar-refractivity contribution is 7.10. The lowest BCUT2D eigenvalue weighted by atomic mass is 9.90. The highest BCUT2D eigenvalue weighted by Crippen LogP contribution is 2.27. The van der Waals surface area contributed by atoms with Gasteiger partial charge in [0.1, 0.15) is 0 Å². The summed E-state index contributed by atoms with van der Waals surface area (Å²) >= 11 is 1.62. The number of likely N-dealkylation sites (N-methyl/N-ethyl adjacent to an activating group) is 1. The third-order valence-corrected chi connectivity index (χ3v) is 3.96. The van der Waals surface area contributed by atoms with Crippen LogP contribution in [0.1, 0.15) is 25.6 Å². The third-order valence-electron chi connectivity index (χ3n) is 2.77. The smallest absolute Gasteiger partial charge is 0.230 e. The number of thiophene rings is 1. The average Bonchev–Trinajstić information content (AvgIpc) is 2.78. The summed E-state index contributed by atoms with van der Waals surface area (Å²) in [7, 11) is 1.89. The summed E-state index contributed by atoms with van der Waals surface area (Å²) in [5.41, 5.74) is -0.443. The second-order valence-electron chi connectivity index (χ2n) is 4.50. The van der Waals surface area contributed by atoms with Crippen LogP contribution in [0.2, 0.25) is 0 Å². The fraction of sp³-hybridized carbons (Fsp3) is 0.583. The molecule has 1 aromatic rings. The molecule has 98 valence electrons. The van der Waals surface area contributed by atoms with Crippen LogP contribution in [-0.4, -0.2) is 25.5 Å². The van der Waals surface area contributed by atoms with E-state index in [-0.39, 0.29) is 18.3 Å². The Morgan fingerprint density at radius 3 is 2.65 bits per heavy atom. The molecule has 0 bridgehead atoms. The SMILES string of the molecule is CNC(C)CNC(=O)C(C)(C)c1cccs1.Cl. The van der Waals surface area contributed by atoms with E-state index < -0.39 is 5.41 Å². The first-order chi connectivity index (χ1) is 7.48. The number of hydrogen-bond acceptors (Lipinski definition) is 3. The van der Waals surface area contributed by atoms with Crippen molar-refractivity contribution in [3.05, 3.63) is 22.4 Å². The van der Waals surface area contributed by atoms with Crippen LogP contribution in [-0.2, 0) is 10.2 Å². The lowest BCUT2D eigenvalue weighted by Gasteiger charge is -2.23. The Morgan fingerprint density at radius 2 is 2.18 bits per heavy atom. The molecule has 2 N–H and O–H groups in total. The lowest BCUT2D eigenvalue weighted by Crippen LogP contribution is -2.44. The van der Waals surface area contributed by atoms with Gasteiger partial charge in [-0.05, 0) is 39.3 Å². The molecule has 1 unspecified atom stereocenters. The first-order valence-electron chi connectivity index (χ1n) is 5.48. The zero-order valence-corrected chi connectivity index (χ0v) is 12.4. The summed E-state index contributed by atoms with van der Waals surface area (Å²) in [6.07, 6.45) is 0. The van der Waals surface area contributed by atoms with Gasteiger partial charge >= 0.3 is 0 Å². The van der Waals surface area contributed by atoms with Crippen molar-refractivity contribution >= 4 is 29.7 Å². The zero-order valence-electron chi connectivity index (χ0n) is 10.7. The van der Waals surface area contributed by atoms with Gasteiger partial charge in [-0.1, -0.05) is 6.07 Å². The summed E-state index contributed by atoms with van der Waals surface area (Å²) in [6, 6.07) is 4.28. The van der Waals surface area contributed by atoms with Gasteiger partial charge in [-0.25, -0.2) is 0 Å². The van der Waals surface area contributed by atoms with Gasteiger partial charge in [-0.3, -0.25) is 4.79 Å². The Hall–Kier alpha value is -0.580. The molecule has 1 aromatic heterocycles. The monoisotopic (exact) mass is 276 g/mol. The minimum atomic E-state index is -0.443. The summed E-state index contributed by atoms with van der Waals surface area (Å²) < 4.78 is 0. The van der Waals surface area contributed by atoms with Crippen LogP contribution in [0.4, 0.5) is 0 Å². The van der Waals surface area contributed by atoms with E-state index in [1.54, 1.807) is 11.3 Å². The van der Waals surface area contributed by atoms with Gasteiger partial charge in [-0.2, -0.15) is 0 Å². The summed E-state index contributed by atoms with van der Waals surface area (Å²) in [5, 5.41) is 8.06. The Morgan fingerprint density at radius 1 is 1.53 bits per heavy atom. The van der Waals surface area contributed by atoms with Crippen molar-refractivity contribution in [3.8, 4) is 0 Å². The van der Waals surface area contributed by atoms with Crippen molar-refractivity contribution in [3.63, 3.8) is 0 Å². The number of carbonyl (C=O) groups is 1. The van der Waals surface area contributed by atoms with E-state index in [1.807, 2.05) is 45.3 Å². The van der Waals surface area contributed by atoms with E-state index in [4.69, 9.17) is 0 Å². The van der Waals surface area contributed by atoms with E-state index in [0.717, 1.165) is 4.88 Å². The maximum atomic E-state index is 12.1. The van der Waals surface area contributed by atoms with Gasteiger partial charge in [0.15, 0.2) is 0 Å². The fourth-order valence-corrected chi connectivity index (χ4v) is 2.16. The molecule has 1 heterocycles. The Kier molecular flexibility index (Phi) is 6.75. The first-order valence-corrected chi connectivity index (χ1v) is 6.36. The minimum Gasteiger partial charge on any atom is -0.354 e. The third kappa shape index (κ3) is 4.30. The summed E-state index contributed by atoms with van der Waals surface area (Å²) in [6.45, 7) is 6.61. The second kappa shape index (κ2) is 6.99. The van der Waals surface area contributed by atoms with Crippen molar-refractivity contribution in [1.29, 1.82) is 0 Å². The molecule has 17 heavy (non-hydrogen) atoms. The van der Waals surface area contributed by atoms with E-state index in [9.17, 15) is 4.79 Å². The van der Waals surface area contributed by atoms with Crippen LogP contribution in [0.25, 0.3) is 0 Å². The summed E-state index contributed by atoms with van der Waals surface area (Å²) in [4.78, 5) is 13.2. The number of nitrogens with one attached hydrogen (secondary N) is 2. The molecule has 0 aliphatic rings. The zero-order chi connectivity index (χ0) is 12.2. The molecule has 1 rings (SSSR count). The van der Waals surface area contributed by atoms with Gasteiger partial charge in [0.25, 0.3) is 0 Å². The van der Waals surface area contributed by atoms with Gasteiger partial charge < -0.3 is 10.6 Å². The van der Waals surface area contributed by atoms with Gasteiger partial charge in [0, 0.05) is 17.5 Å². The van der Waals surface area contributed by atoms with E-state index in [0.29, 0.717) is 12.6 Å². The topological polar surface area (TPSA) is 41.1 Å². The quantitative estimate of drug-likeness (QED) is 0.865. The molecule has 0 radical (unpaired) electrons. The van der Waals surface area contributed by atoms with Crippen molar-refractivity contribution in [1.82, 2.24) is 10.6 Å². The van der Waals surface area contributed by atoms with Crippen molar-refractivity contribution in [2.45, 2.75) is 32.2 Å². The lowest BCUT2D eigenvalue weighted by molar-refractivity contribution is -0.125. The van der Waals surface area contributed by atoms with E-state index in [2.05, 4.69) is 10.6 Å². The van der Waals surface area contributed by atoms with Crippen molar-refractivity contribution < 1.29 is 4.79 Å². The Balaban J connectivity index is 0.00000256. The predicted octanol–water partition coefficient (Wildman–Crippen LogP) is 2.17. The normalized spacial score (nSPS) is 12.7.